The van der Waals surface area contributed by atoms with Gasteiger partial charge in [0, 0.05) is 19.0 Å². The molecule has 23 heavy (non-hydrogen) atoms. The molecule has 1 aliphatic rings. The Morgan fingerprint density at radius 2 is 2.09 bits per heavy atom. The van der Waals surface area contributed by atoms with Crippen LogP contribution in [0.3, 0.4) is 0 Å². The highest BCUT2D eigenvalue weighted by Gasteiger charge is 2.19. The van der Waals surface area contributed by atoms with E-state index in [1.54, 1.807) is 11.3 Å². The Kier molecular flexibility index (Phi) is 5.62. The second kappa shape index (κ2) is 7.88. The van der Waals surface area contributed by atoms with Gasteiger partial charge in [0.15, 0.2) is 0 Å². The van der Waals surface area contributed by atoms with Crippen molar-refractivity contribution in [3.05, 3.63) is 29.3 Å². The molecule has 0 saturated heterocycles. The first-order valence-corrected chi connectivity index (χ1v) is 9.35. The highest BCUT2D eigenvalue weighted by molar-refractivity contribution is 7.18. The zero-order chi connectivity index (χ0) is 16.1. The van der Waals surface area contributed by atoms with Crippen LogP contribution in [-0.2, 0) is 11.2 Å². The van der Waals surface area contributed by atoms with Crippen LogP contribution in [0.4, 0.5) is 0 Å². The molecule has 124 valence electrons. The van der Waals surface area contributed by atoms with Crippen LogP contribution in [0.5, 0.6) is 0 Å². The maximum absolute atomic E-state index is 12.1. The van der Waals surface area contributed by atoms with E-state index in [1.165, 1.54) is 36.8 Å². The molecule has 1 N–H and O–H groups in total. The lowest BCUT2D eigenvalue weighted by atomic mass is 9.94. The number of carbonyl (C=O) groups excluding carboxylic acids is 1. The minimum Gasteiger partial charge on any atom is -0.355 e. The van der Waals surface area contributed by atoms with Gasteiger partial charge in [-0.2, -0.15) is 0 Å². The van der Waals surface area contributed by atoms with Crippen molar-refractivity contribution in [2.24, 2.45) is 0 Å². The van der Waals surface area contributed by atoms with Crippen LogP contribution in [0.15, 0.2) is 24.3 Å². The van der Waals surface area contributed by atoms with Crippen molar-refractivity contribution < 1.29 is 4.79 Å². The fraction of sp³-hybridized carbons (Fsp3) is 0.556. The number of aromatic nitrogens is 1. The van der Waals surface area contributed by atoms with E-state index in [1.807, 2.05) is 18.2 Å². The molecule has 1 heterocycles. The van der Waals surface area contributed by atoms with Crippen LogP contribution in [0.1, 0.15) is 37.1 Å². The van der Waals surface area contributed by atoms with Gasteiger partial charge < -0.3 is 5.32 Å². The van der Waals surface area contributed by atoms with E-state index in [-0.39, 0.29) is 5.91 Å². The molecule has 0 aliphatic heterocycles. The Morgan fingerprint density at radius 3 is 2.87 bits per heavy atom. The van der Waals surface area contributed by atoms with Gasteiger partial charge in [0.2, 0.25) is 5.91 Å². The highest BCUT2D eigenvalue weighted by Crippen LogP contribution is 2.22. The summed E-state index contributed by atoms with van der Waals surface area (Å²) in [7, 11) is 2.07. The molecule has 1 aromatic carbocycles. The number of hydrogen-bond donors (Lipinski definition) is 1. The van der Waals surface area contributed by atoms with Crippen LogP contribution in [-0.4, -0.2) is 42.0 Å². The molecule has 5 heteroatoms. The van der Waals surface area contributed by atoms with Gasteiger partial charge in [-0.1, -0.05) is 31.4 Å². The zero-order valence-corrected chi connectivity index (χ0v) is 14.6. The van der Waals surface area contributed by atoms with E-state index in [2.05, 4.69) is 28.3 Å². The van der Waals surface area contributed by atoms with Crippen molar-refractivity contribution in [2.75, 3.05) is 20.1 Å². The molecule has 2 aromatic rings. The Labute approximate surface area is 141 Å². The van der Waals surface area contributed by atoms with Crippen LogP contribution < -0.4 is 5.32 Å². The zero-order valence-electron chi connectivity index (χ0n) is 13.8. The summed E-state index contributed by atoms with van der Waals surface area (Å²) in [6, 6.07) is 8.75. The van der Waals surface area contributed by atoms with Gasteiger partial charge in [-0.05, 0) is 32.0 Å². The third-order valence-corrected chi connectivity index (χ3v) is 5.69. The summed E-state index contributed by atoms with van der Waals surface area (Å²) >= 11 is 1.71. The Morgan fingerprint density at radius 1 is 1.30 bits per heavy atom. The minimum atomic E-state index is 0.124. The van der Waals surface area contributed by atoms with Gasteiger partial charge in [-0.3, -0.25) is 9.69 Å². The summed E-state index contributed by atoms with van der Waals surface area (Å²) in [4.78, 5) is 18.9. The number of nitrogens with zero attached hydrogens (tertiary/aromatic N) is 2. The summed E-state index contributed by atoms with van der Waals surface area (Å²) < 4.78 is 1.21. The molecular formula is C18H25N3OS. The number of carbonyl (C=O) groups is 1. The van der Waals surface area contributed by atoms with Gasteiger partial charge in [0.1, 0.15) is 0 Å². The lowest BCUT2D eigenvalue weighted by Gasteiger charge is -2.30. The summed E-state index contributed by atoms with van der Waals surface area (Å²) in [6.45, 7) is 1.17. The average Bonchev–Trinajstić information content (AvgIpc) is 2.98. The number of rotatable bonds is 6. The lowest BCUT2D eigenvalue weighted by molar-refractivity contribution is -0.122. The molecule has 1 aromatic heterocycles. The van der Waals surface area contributed by atoms with Gasteiger partial charge >= 0.3 is 0 Å². The molecule has 3 rings (SSSR count). The molecule has 0 bridgehead atoms. The van der Waals surface area contributed by atoms with Gasteiger partial charge in [-0.15, -0.1) is 11.3 Å². The van der Waals surface area contributed by atoms with Crippen molar-refractivity contribution in [2.45, 2.75) is 44.6 Å². The maximum atomic E-state index is 12.1. The molecule has 0 spiro atoms. The first-order chi connectivity index (χ1) is 11.2. The summed E-state index contributed by atoms with van der Waals surface area (Å²) in [5, 5.41) is 4.12. The largest absolute Gasteiger partial charge is 0.355 e. The van der Waals surface area contributed by atoms with Crippen molar-refractivity contribution in [3.8, 4) is 0 Å². The Balaban J connectivity index is 1.41. The van der Waals surface area contributed by atoms with E-state index >= 15 is 0 Å². The van der Waals surface area contributed by atoms with Crippen molar-refractivity contribution in [1.82, 2.24) is 15.2 Å². The summed E-state index contributed by atoms with van der Waals surface area (Å²) in [6.07, 6.45) is 7.21. The maximum Gasteiger partial charge on any atom is 0.234 e. The van der Waals surface area contributed by atoms with Crippen LogP contribution in [0, 0.1) is 0 Å². The van der Waals surface area contributed by atoms with Gasteiger partial charge in [0.25, 0.3) is 0 Å². The van der Waals surface area contributed by atoms with Crippen molar-refractivity contribution in [3.63, 3.8) is 0 Å². The van der Waals surface area contributed by atoms with Gasteiger partial charge in [0.05, 0.1) is 21.8 Å². The third-order valence-electron chi connectivity index (χ3n) is 4.59. The number of likely N-dealkylation sites (N-methyl/N-ethyl adjacent to an activating group) is 1. The summed E-state index contributed by atoms with van der Waals surface area (Å²) in [5.41, 5.74) is 1.05. The normalized spacial score (nSPS) is 16.1. The van der Waals surface area contributed by atoms with E-state index in [0.717, 1.165) is 16.9 Å². The molecule has 1 aliphatic carbocycles. The Hall–Kier alpha value is -1.46. The Bertz CT molecular complexity index is 616. The predicted octanol–water partition coefficient (Wildman–Crippen LogP) is 3.22. The molecule has 0 atom stereocenters. The second-order valence-electron chi connectivity index (χ2n) is 6.38. The third kappa shape index (κ3) is 4.52. The first kappa shape index (κ1) is 16.4. The summed E-state index contributed by atoms with van der Waals surface area (Å²) in [5.74, 6) is 0.124. The number of benzene rings is 1. The number of amides is 1. The number of para-hydroxylation sites is 1. The molecule has 1 saturated carbocycles. The van der Waals surface area contributed by atoms with Crippen LogP contribution in [0.2, 0.25) is 0 Å². The predicted molar refractivity (Wildman–Crippen MR) is 95.8 cm³/mol. The van der Waals surface area contributed by atoms with Crippen molar-refractivity contribution >= 4 is 27.5 Å². The van der Waals surface area contributed by atoms with E-state index < -0.39 is 0 Å². The molecule has 0 unspecified atom stereocenters. The molecular weight excluding hydrogens is 306 g/mol. The van der Waals surface area contributed by atoms with Gasteiger partial charge in [-0.25, -0.2) is 4.98 Å². The van der Waals surface area contributed by atoms with E-state index in [0.29, 0.717) is 19.1 Å². The number of thiazole rings is 1. The average molecular weight is 331 g/mol. The van der Waals surface area contributed by atoms with Crippen LogP contribution in [0.25, 0.3) is 10.2 Å². The molecule has 1 fully saturated rings. The monoisotopic (exact) mass is 331 g/mol. The fourth-order valence-electron chi connectivity index (χ4n) is 3.27. The smallest absolute Gasteiger partial charge is 0.234 e. The van der Waals surface area contributed by atoms with E-state index in [9.17, 15) is 4.79 Å². The number of fused-ring (bicyclic) bond motifs is 1. The standard InChI is InChI=1S/C18H25N3OS/c1-21(14-7-3-2-4-8-14)13-17(22)19-12-11-18-20-15-9-5-6-10-16(15)23-18/h5-6,9-10,14H,2-4,7-8,11-13H2,1H3,(H,19,22). The quantitative estimate of drug-likeness (QED) is 0.884. The highest BCUT2D eigenvalue weighted by atomic mass is 32.1. The van der Waals surface area contributed by atoms with E-state index in [4.69, 9.17) is 0 Å². The van der Waals surface area contributed by atoms with Crippen molar-refractivity contribution in [1.29, 1.82) is 0 Å². The molecule has 1 amide bonds. The topological polar surface area (TPSA) is 45.2 Å². The number of hydrogen-bond acceptors (Lipinski definition) is 4. The van der Waals surface area contributed by atoms with Crippen LogP contribution >= 0.6 is 11.3 Å². The second-order valence-corrected chi connectivity index (χ2v) is 7.50. The lowest BCUT2D eigenvalue weighted by Crippen LogP contribution is -2.41. The minimum absolute atomic E-state index is 0.124. The molecule has 4 nitrogen and oxygen atoms in total. The fourth-order valence-corrected chi connectivity index (χ4v) is 4.24. The molecule has 0 radical (unpaired) electrons. The number of nitrogens with one attached hydrogen (secondary N) is 1. The SMILES string of the molecule is CN(CC(=O)NCCc1nc2ccccc2s1)C1CCCCC1. The first-order valence-electron chi connectivity index (χ1n) is 8.54.